The molecule has 5 nitrogen and oxygen atoms in total. The van der Waals surface area contributed by atoms with Crippen LogP contribution in [0.3, 0.4) is 0 Å². The number of rotatable bonds is 1. The molecule has 9 heavy (non-hydrogen) atoms. The molecule has 0 bridgehead atoms. The predicted octanol–water partition coefficient (Wildman–Crippen LogP) is 0.421. The van der Waals surface area contributed by atoms with E-state index < -0.39 is 5.97 Å². The van der Waals surface area contributed by atoms with Gasteiger partial charge in [-0.25, -0.2) is 9.42 Å². The Morgan fingerprint density at radius 3 is 2.56 bits per heavy atom. The molecule has 6 heteroatoms. The summed E-state index contributed by atoms with van der Waals surface area (Å²) < 4.78 is 3.99. The van der Waals surface area contributed by atoms with E-state index in [0.29, 0.717) is 0 Å². The molecule has 1 heterocycles. The first-order chi connectivity index (χ1) is 4.22. The standard InChI is InChI=1S/C3HClN2O3/c4-2-1(3(7)8)5-9-6-2/h(H,7,8). The molecular weight excluding hydrogens is 147 g/mol. The van der Waals surface area contributed by atoms with Crippen molar-refractivity contribution in [3.8, 4) is 0 Å². The quantitative estimate of drug-likeness (QED) is 0.625. The van der Waals surface area contributed by atoms with Crippen molar-refractivity contribution in [2.45, 2.75) is 0 Å². The summed E-state index contributed by atoms with van der Waals surface area (Å²) >= 11 is 5.19. The van der Waals surface area contributed by atoms with Gasteiger partial charge in [-0.2, -0.15) is 0 Å². The van der Waals surface area contributed by atoms with Crippen molar-refractivity contribution in [2.24, 2.45) is 0 Å². The fourth-order valence-electron chi connectivity index (χ4n) is 0.305. The molecule has 0 spiro atoms. The molecule has 1 rings (SSSR count). The van der Waals surface area contributed by atoms with Crippen LogP contribution >= 0.6 is 11.6 Å². The highest BCUT2D eigenvalue weighted by molar-refractivity contribution is 6.31. The van der Waals surface area contributed by atoms with Crippen LogP contribution in [0.5, 0.6) is 0 Å². The Hall–Kier alpha value is -1.10. The van der Waals surface area contributed by atoms with Crippen LogP contribution in [0.4, 0.5) is 0 Å². The van der Waals surface area contributed by atoms with Crippen LogP contribution < -0.4 is 0 Å². The zero-order valence-corrected chi connectivity index (χ0v) is 4.79. The van der Waals surface area contributed by atoms with E-state index in [4.69, 9.17) is 16.7 Å². The molecule has 0 aliphatic heterocycles. The highest BCUT2D eigenvalue weighted by Gasteiger charge is 2.13. The van der Waals surface area contributed by atoms with Gasteiger partial charge in [0.25, 0.3) is 0 Å². The Balaban J connectivity index is 3.08. The minimum absolute atomic E-state index is 0.234. The third-order valence-corrected chi connectivity index (χ3v) is 0.899. The molecule has 0 saturated heterocycles. The summed E-state index contributed by atoms with van der Waals surface area (Å²) in [7, 11) is 0. The van der Waals surface area contributed by atoms with Crippen LogP contribution in [-0.2, 0) is 0 Å². The third-order valence-electron chi connectivity index (χ3n) is 0.651. The van der Waals surface area contributed by atoms with Gasteiger partial charge in [-0.15, -0.1) is 0 Å². The number of halogens is 1. The van der Waals surface area contributed by atoms with Gasteiger partial charge in [-0.05, 0) is 10.3 Å². The topological polar surface area (TPSA) is 76.2 Å². The number of carbonyl (C=O) groups is 1. The average Bonchev–Trinajstić information content (AvgIpc) is 2.13. The van der Waals surface area contributed by atoms with Crippen molar-refractivity contribution >= 4 is 17.6 Å². The fourth-order valence-corrected chi connectivity index (χ4v) is 0.451. The molecule has 1 aromatic rings. The zero-order chi connectivity index (χ0) is 6.85. The Morgan fingerprint density at radius 2 is 2.33 bits per heavy atom. The van der Waals surface area contributed by atoms with Gasteiger partial charge in [0, 0.05) is 0 Å². The fraction of sp³-hybridized carbons (Fsp3) is 0. The molecule has 0 aromatic carbocycles. The largest absolute Gasteiger partial charge is 0.476 e. The van der Waals surface area contributed by atoms with Gasteiger partial charge in [0.2, 0.25) is 10.8 Å². The number of hydrogen-bond acceptors (Lipinski definition) is 4. The third kappa shape index (κ3) is 0.996. The molecule has 0 saturated carbocycles. The van der Waals surface area contributed by atoms with Crippen molar-refractivity contribution in [1.82, 2.24) is 10.3 Å². The van der Waals surface area contributed by atoms with Gasteiger partial charge in [-0.1, -0.05) is 11.6 Å². The predicted molar refractivity (Wildman–Crippen MR) is 26.3 cm³/mol. The van der Waals surface area contributed by atoms with Gasteiger partial charge in [0.1, 0.15) is 0 Å². The Morgan fingerprint density at radius 1 is 1.67 bits per heavy atom. The van der Waals surface area contributed by atoms with Gasteiger partial charge in [0.05, 0.1) is 0 Å². The smallest absolute Gasteiger partial charge is 0.361 e. The van der Waals surface area contributed by atoms with Crippen molar-refractivity contribution in [3.63, 3.8) is 0 Å². The van der Waals surface area contributed by atoms with E-state index in [1.54, 1.807) is 0 Å². The lowest BCUT2D eigenvalue weighted by Gasteiger charge is -1.78. The van der Waals surface area contributed by atoms with Crippen molar-refractivity contribution in [1.29, 1.82) is 0 Å². The van der Waals surface area contributed by atoms with Crippen LogP contribution in [-0.4, -0.2) is 21.4 Å². The van der Waals surface area contributed by atoms with Gasteiger partial charge in [0.15, 0.2) is 0 Å². The van der Waals surface area contributed by atoms with Crippen LogP contribution in [0.25, 0.3) is 0 Å². The second kappa shape index (κ2) is 2.02. The first kappa shape index (κ1) is 6.03. The maximum atomic E-state index is 10.0. The van der Waals surface area contributed by atoms with Crippen molar-refractivity contribution in [3.05, 3.63) is 10.8 Å². The summed E-state index contributed by atoms with van der Waals surface area (Å²) in [5.41, 5.74) is -0.364. The van der Waals surface area contributed by atoms with Crippen molar-refractivity contribution < 1.29 is 14.5 Å². The van der Waals surface area contributed by atoms with Crippen LogP contribution in [0.2, 0.25) is 5.15 Å². The monoisotopic (exact) mass is 148 g/mol. The molecule has 0 fully saturated rings. The molecule has 1 N–H and O–H groups in total. The molecule has 0 unspecified atom stereocenters. The first-order valence-electron chi connectivity index (χ1n) is 1.93. The lowest BCUT2D eigenvalue weighted by molar-refractivity contribution is 0.0685. The Labute approximate surface area is 54.2 Å². The summed E-state index contributed by atoms with van der Waals surface area (Å²) in [6, 6.07) is 0. The number of aromatic carboxylic acids is 1. The molecule has 0 aliphatic carbocycles. The van der Waals surface area contributed by atoms with E-state index >= 15 is 0 Å². The van der Waals surface area contributed by atoms with Gasteiger partial charge >= 0.3 is 5.97 Å². The molecule has 48 valence electrons. The van der Waals surface area contributed by atoms with Gasteiger partial charge in [-0.3, -0.25) is 0 Å². The minimum atomic E-state index is -1.25. The zero-order valence-electron chi connectivity index (χ0n) is 4.04. The van der Waals surface area contributed by atoms with E-state index in [1.807, 2.05) is 0 Å². The van der Waals surface area contributed by atoms with E-state index in [9.17, 15) is 4.79 Å². The lowest BCUT2D eigenvalue weighted by Crippen LogP contribution is -1.96. The molecule has 0 atom stereocenters. The van der Waals surface area contributed by atoms with E-state index in [1.165, 1.54) is 0 Å². The van der Waals surface area contributed by atoms with E-state index in [2.05, 4.69) is 14.9 Å². The first-order valence-corrected chi connectivity index (χ1v) is 2.31. The second-order valence-electron chi connectivity index (χ2n) is 1.21. The molecule has 0 amide bonds. The van der Waals surface area contributed by atoms with E-state index in [-0.39, 0.29) is 10.8 Å². The molecule has 1 aromatic heterocycles. The SMILES string of the molecule is O=C(O)c1nonc1Cl. The highest BCUT2D eigenvalue weighted by Crippen LogP contribution is 2.07. The second-order valence-corrected chi connectivity index (χ2v) is 1.57. The van der Waals surface area contributed by atoms with Crippen molar-refractivity contribution in [2.75, 3.05) is 0 Å². The molecule has 0 radical (unpaired) electrons. The summed E-state index contributed by atoms with van der Waals surface area (Å²) in [5, 5.41) is 14.0. The maximum absolute atomic E-state index is 10.0. The average molecular weight is 149 g/mol. The van der Waals surface area contributed by atoms with Crippen LogP contribution in [0, 0.1) is 0 Å². The minimum Gasteiger partial charge on any atom is -0.476 e. The van der Waals surface area contributed by atoms with Gasteiger partial charge < -0.3 is 5.11 Å². The number of hydrogen-bond donors (Lipinski definition) is 1. The maximum Gasteiger partial charge on any atom is 0.361 e. The van der Waals surface area contributed by atoms with E-state index in [0.717, 1.165) is 0 Å². The van der Waals surface area contributed by atoms with Crippen LogP contribution in [0.1, 0.15) is 10.5 Å². The molecule has 0 aliphatic rings. The Kier molecular flexibility index (Phi) is 1.35. The lowest BCUT2D eigenvalue weighted by atomic mass is 10.5. The molecular formula is C3HClN2O3. The van der Waals surface area contributed by atoms with Crippen LogP contribution in [0.15, 0.2) is 4.63 Å². The summed E-state index contributed by atoms with van der Waals surface area (Å²) in [6.07, 6.45) is 0. The normalized spacial score (nSPS) is 9.44. The summed E-state index contributed by atoms with van der Waals surface area (Å²) in [6.45, 7) is 0. The number of nitrogens with zero attached hydrogens (tertiary/aromatic N) is 2. The summed E-state index contributed by atoms with van der Waals surface area (Å²) in [4.78, 5) is 10.0. The summed E-state index contributed by atoms with van der Waals surface area (Å²) in [5.74, 6) is -1.25. The number of carboxylic acids is 1. The number of carboxylic acid groups (broad SMARTS) is 1. The Bertz CT molecular complexity index is 233. The number of aromatic nitrogens is 2. The highest BCUT2D eigenvalue weighted by atomic mass is 35.5.